The first-order valence-electron chi connectivity index (χ1n) is 6.37. The van der Waals surface area contributed by atoms with Crippen molar-refractivity contribution in [1.29, 1.82) is 0 Å². The van der Waals surface area contributed by atoms with Crippen molar-refractivity contribution in [1.82, 2.24) is 0 Å². The quantitative estimate of drug-likeness (QED) is 0.465. The van der Waals surface area contributed by atoms with E-state index >= 15 is 0 Å². The first-order chi connectivity index (χ1) is 8.39. The van der Waals surface area contributed by atoms with E-state index in [1.165, 1.54) is 27.4 Å². The van der Waals surface area contributed by atoms with Crippen LogP contribution in [0.15, 0.2) is 0 Å². The summed E-state index contributed by atoms with van der Waals surface area (Å²) in [6, 6.07) is 0. The van der Waals surface area contributed by atoms with Crippen LogP contribution in [0.3, 0.4) is 0 Å². The molecule has 1 atom stereocenters. The number of rotatable bonds is 5. The van der Waals surface area contributed by atoms with Crippen molar-refractivity contribution in [3.63, 3.8) is 0 Å². The van der Waals surface area contributed by atoms with Gasteiger partial charge in [-0.25, -0.2) is 0 Å². The Morgan fingerprint density at radius 3 is 2.22 bits per heavy atom. The topological polar surface area (TPSA) is 72.8 Å². The Morgan fingerprint density at radius 2 is 1.78 bits per heavy atom. The Kier molecular flexibility index (Phi) is 5.14. The molecule has 0 aromatic heterocycles. The molecule has 104 valence electrons. The van der Waals surface area contributed by atoms with E-state index < -0.39 is 23.6 Å². The van der Waals surface area contributed by atoms with Crippen molar-refractivity contribution in [2.45, 2.75) is 52.2 Å². The average Bonchev–Trinajstić information content (AvgIpc) is 2.36. The highest BCUT2D eigenvalue weighted by molar-refractivity contribution is 5.98. The van der Waals surface area contributed by atoms with Gasteiger partial charge in [-0.3, -0.25) is 9.59 Å². The third-order valence-corrected chi connectivity index (χ3v) is 3.54. The molecule has 1 aliphatic rings. The maximum absolute atomic E-state index is 11.8. The van der Waals surface area contributed by atoms with Crippen LogP contribution in [0, 0.1) is 11.3 Å². The molecule has 1 fully saturated rings. The molecule has 18 heavy (non-hydrogen) atoms. The first-order valence-corrected chi connectivity index (χ1v) is 6.37. The van der Waals surface area contributed by atoms with E-state index in [-0.39, 0.29) is 5.92 Å². The van der Waals surface area contributed by atoms with E-state index in [0.29, 0.717) is 0 Å². The van der Waals surface area contributed by atoms with Crippen molar-refractivity contribution >= 4 is 11.9 Å². The maximum Gasteiger partial charge on any atom is 0.325 e. The second kappa shape index (κ2) is 6.18. The molecule has 0 radical (unpaired) electrons. The van der Waals surface area contributed by atoms with Gasteiger partial charge >= 0.3 is 11.9 Å². The van der Waals surface area contributed by atoms with E-state index in [1.807, 2.05) is 0 Å². The molecular formula is C13H22O5. The van der Waals surface area contributed by atoms with E-state index in [2.05, 4.69) is 0 Å². The van der Waals surface area contributed by atoms with Gasteiger partial charge in [0.1, 0.15) is 0 Å². The zero-order valence-electron chi connectivity index (χ0n) is 11.3. The minimum absolute atomic E-state index is 0.178. The number of esters is 1. The fourth-order valence-electron chi connectivity index (χ4n) is 2.08. The number of ether oxygens (including phenoxy) is 2. The molecule has 1 unspecified atom stereocenters. The SMILES string of the molecule is COC(OC(=O)C(C)(C)C(=O)O)C1CCCCC1. The lowest BCUT2D eigenvalue weighted by Gasteiger charge is -2.30. The first kappa shape index (κ1) is 15.0. The molecule has 1 rings (SSSR count). The van der Waals surface area contributed by atoms with Crippen LogP contribution in [0.5, 0.6) is 0 Å². The Hall–Kier alpha value is -1.10. The Morgan fingerprint density at radius 1 is 1.22 bits per heavy atom. The van der Waals surface area contributed by atoms with Gasteiger partial charge in [-0.1, -0.05) is 19.3 Å². The highest BCUT2D eigenvalue weighted by Crippen LogP contribution is 2.30. The normalized spacial score (nSPS) is 19.3. The average molecular weight is 258 g/mol. The predicted molar refractivity (Wildman–Crippen MR) is 64.9 cm³/mol. The molecule has 0 aliphatic heterocycles. The van der Waals surface area contributed by atoms with Crippen molar-refractivity contribution in [3.05, 3.63) is 0 Å². The van der Waals surface area contributed by atoms with E-state index in [0.717, 1.165) is 25.7 Å². The highest BCUT2D eigenvalue weighted by Gasteiger charge is 2.40. The van der Waals surface area contributed by atoms with Crippen LogP contribution in [0.25, 0.3) is 0 Å². The van der Waals surface area contributed by atoms with Gasteiger partial charge in [0.2, 0.25) is 6.29 Å². The molecule has 1 aliphatic carbocycles. The summed E-state index contributed by atoms with van der Waals surface area (Å²) in [6.45, 7) is 2.68. The van der Waals surface area contributed by atoms with Crippen LogP contribution in [-0.4, -0.2) is 30.4 Å². The van der Waals surface area contributed by atoms with Crippen LogP contribution >= 0.6 is 0 Å². The fourth-order valence-corrected chi connectivity index (χ4v) is 2.08. The van der Waals surface area contributed by atoms with Crippen molar-refractivity contribution in [2.75, 3.05) is 7.11 Å². The number of methoxy groups -OCH3 is 1. The summed E-state index contributed by atoms with van der Waals surface area (Å²) in [7, 11) is 1.49. The molecule has 0 amide bonds. The summed E-state index contributed by atoms with van der Waals surface area (Å²) < 4.78 is 10.4. The molecule has 0 aromatic rings. The smallest absolute Gasteiger partial charge is 0.325 e. The molecule has 0 heterocycles. The van der Waals surface area contributed by atoms with Crippen LogP contribution in [0.2, 0.25) is 0 Å². The van der Waals surface area contributed by atoms with Crippen molar-refractivity contribution in [3.8, 4) is 0 Å². The van der Waals surface area contributed by atoms with Crippen molar-refractivity contribution in [2.24, 2.45) is 11.3 Å². The van der Waals surface area contributed by atoms with Crippen LogP contribution < -0.4 is 0 Å². The van der Waals surface area contributed by atoms with Gasteiger partial charge in [-0.05, 0) is 26.7 Å². The molecule has 1 saturated carbocycles. The second-order valence-corrected chi connectivity index (χ2v) is 5.34. The largest absolute Gasteiger partial charge is 0.480 e. The number of carbonyl (C=O) groups is 2. The second-order valence-electron chi connectivity index (χ2n) is 5.34. The van der Waals surface area contributed by atoms with E-state index in [9.17, 15) is 9.59 Å². The monoisotopic (exact) mass is 258 g/mol. The maximum atomic E-state index is 11.8. The van der Waals surface area contributed by atoms with Gasteiger partial charge in [0.25, 0.3) is 0 Å². The van der Waals surface area contributed by atoms with Gasteiger partial charge in [-0.15, -0.1) is 0 Å². The summed E-state index contributed by atoms with van der Waals surface area (Å²) in [6.07, 6.45) is 4.69. The third-order valence-electron chi connectivity index (χ3n) is 3.54. The van der Waals surface area contributed by atoms with Gasteiger partial charge in [0.15, 0.2) is 5.41 Å². The Labute approximate surface area is 107 Å². The minimum atomic E-state index is -1.54. The lowest BCUT2D eigenvalue weighted by Crippen LogP contribution is -2.40. The van der Waals surface area contributed by atoms with Gasteiger partial charge < -0.3 is 14.6 Å². The molecule has 1 N–H and O–H groups in total. The zero-order valence-corrected chi connectivity index (χ0v) is 11.3. The number of carboxylic acid groups (broad SMARTS) is 1. The summed E-state index contributed by atoms with van der Waals surface area (Å²) in [5, 5.41) is 8.97. The highest BCUT2D eigenvalue weighted by atomic mass is 16.7. The van der Waals surface area contributed by atoms with Crippen LogP contribution in [-0.2, 0) is 19.1 Å². The molecule has 0 spiro atoms. The molecule has 0 aromatic carbocycles. The summed E-state index contributed by atoms with van der Waals surface area (Å²) in [4.78, 5) is 22.8. The van der Waals surface area contributed by atoms with E-state index in [1.54, 1.807) is 0 Å². The lowest BCUT2D eigenvalue weighted by molar-refractivity contribution is -0.199. The number of aliphatic carboxylic acids is 1. The van der Waals surface area contributed by atoms with Crippen molar-refractivity contribution < 1.29 is 24.2 Å². The summed E-state index contributed by atoms with van der Waals surface area (Å²) >= 11 is 0. The Balaban J connectivity index is 2.62. The minimum Gasteiger partial charge on any atom is -0.480 e. The fraction of sp³-hybridized carbons (Fsp3) is 0.846. The number of carbonyl (C=O) groups excluding carboxylic acids is 1. The number of carboxylic acids is 1. The molecule has 0 bridgehead atoms. The van der Waals surface area contributed by atoms with Crippen LogP contribution in [0.4, 0.5) is 0 Å². The summed E-state index contributed by atoms with van der Waals surface area (Å²) in [5.41, 5.74) is -1.54. The predicted octanol–water partition coefficient (Wildman–Crippen LogP) is 2.19. The van der Waals surface area contributed by atoms with E-state index in [4.69, 9.17) is 14.6 Å². The Bertz CT molecular complexity index is 305. The van der Waals surface area contributed by atoms with Gasteiger partial charge in [0.05, 0.1) is 0 Å². The number of hydrogen-bond donors (Lipinski definition) is 1. The molecular weight excluding hydrogens is 236 g/mol. The lowest BCUT2D eigenvalue weighted by atomic mass is 9.88. The molecule has 5 heteroatoms. The summed E-state index contributed by atoms with van der Waals surface area (Å²) in [5.74, 6) is -1.75. The molecule has 5 nitrogen and oxygen atoms in total. The van der Waals surface area contributed by atoms with Gasteiger partial charge in [-0.2, -0.15) is 0 Å². The standard InChI is InChI=1S/C13H22O5/c1-13(2,11(14)15)12(16)18-10(17-3)9-7-5-4-6-8-9/h9-10H,4-8H2,1-3H3,(H,14,15). The van der Waals surface area contributed by atoms with Crippen LogP contribution in [0.1, 0.15) is 46.0 Å². The number of hydrogen-bond acceptors (Lipinski definition) is 4. The third kappa shape index (κ3) is 3.45. The van der Waals surface area contributed by atoms with Gasteiger partial charge in [0, 0.05) is 13.0 Å². The zero-order chi connectivity index (χ0) is 13.8. The molecule has 0 saturated heterocycles.